The quantitative estimate of drug-likeness (QED) is 0.264. The summed E-state index contributed by atoms with van der Waals surface area (Å²) >= 11 is 1.42. The van der Waals surface area contributed by atoms with E-state index in [1.165, 1.54) is 28.8 Å². The van der Waals surface area contributed by atoms with E-state index in [1.807, 2.05) is 68.4 Å². The molecule has 0 aliphatic carbocycles. The van der Waals surface area contributed by atoms with Crippen LogP contribution in [-0.2, 0) is 14.3 Å². The number of aryl methyl sites for hydroxylation is 1. The Morgan fingerprint density at radius 3 is 2.63 bits per heavy atom. The second-order valence-electron chi connectivity index (χ2n) is 10.0. The molecule has 1 N–H and O–H groups in total. The zero-order valence-corrected chi connectivity index (χ0v) is 24.2. The summed E-state index contributed by atoms with van der Waals surface area (Å²) in [6.07, 6.45) is 0.664. The number of halogens is 1. The Bertz CT molecular complexity index is 1560. The van der Waals surface area contributed by atoms with Crippen molar-refractivity contribution in [2.75, 3.05) is 37.5 Å². The number of amides is 2. The molecule has 0 spiro atoms. The molecule has 41 heavy (non-hydrogen) atoms. The lowest BCUT2D eigenvalue weighted by Crippen LogP contribution is -2.42. The van der Waals surface area contributed by atoms with Crippen LogP contribution in [0.3, 0.4) is 0 Å². The minimum absolute atomic E-state index is 0.119. The fourth-order valence-electron chi connectivity index (χ4n) is 5.04. The smallest absolute Gasteiger partial charge is 0.240 e. The second kappa shape index (κ2) is 12.7. The molecular weight excluding hydrogens is 539 g/mol. The summed E-state index contributed by atoms with van der Waals surface area (Å²) in [5.74, 6) is -0.198. The van der Waals surface area contributed by atoms with Gasteiger partial charge < -0.3 is 10.1 Å². The van der Waals surface area contributed by atoms with Crippen molar-refractivity contribution < 1.29 is 18.7 Å². The van der Waals surface area contributed by atoms with Gasteiger partial charge in [-0.2, -0.15) is 5.10 Å². The fourth-order valence-corrected chi connectivity index (χ4v) is 6.23. The predicted octanol–water partition coefficient (Wildman–Crippen LogP) is 5.62. The van der Waals surface area contributed by atoms with Gasteiger partial charge in [0.1, 0.15) is 18.2 Å². The van der Waals surface area contributed by atoms with Crippen LogP contribution in [0.5, 0.6) is 0 Å². The third-order valence-electron chi connectivity index (χ3n) is 7.24. The van der Waals surface area contributed by atoms with Crippen molar-refractivity contribution in [1.82, 2.24) is 15.1 Å². The van der Waals surface area contributed by atoms with Crippen molar-refractivity contribution >= 4 is 29.4 Å². The lowest BCUT2D eigenvalue weighted by Gasteiger charge is -2.24. The van der Waals surface area contributed by atoms with E-state index in [-0.39, 0.29) is 29.9 Å². The summed E-state index contributed by atoms with van der Waals surface area (Å²) in [7, 11) is 1.62. The zero-order valence-electron chi connectivity index (χ0n) is 23.4. The van der Waals surface area contributed by atoms with E-state index in [2.05, 4.69) is 5.32 Å². The highest BCUT2D eigenvalue weighted by Gasteiger charge is 2.38. The maximum Gasteiger partial charge on any atom is 0.240 e. The largest absolute Gasteiger partial charge is 0.385 e. The first-order valence-corrected chi connectivity index (χ1v) is 14.6. The van der Waals surface area contributed by atoms with Gasteiger partial charge in [-0.05, 0) is 55.2 Å². The van der Waals surface area contributed by atoms with Gasteiger partial charge in [-0.1, -0.05) is 54.6 Å². The first-order chi connectivity index (χ1) is 19.9. The van der Waals surface area contributed by atoms with Crippen molar-refractivity contribution in [3.8, 4) is 16.9 Å². The number of aromatic nitrogens is 2. The van der Waals surface area contributed by atoms with Crippen molar-refractivity contribution in [3.05, 3.63) is 101 Å². The van der Waals surface area contributed by atoms with Crippen LogP contribution in [0.1, 0.15) is 33.9 Å². The number of methoxy groups -OCH3 is 1. The Balaban J connectivity index is 1.74. The van der Waals surface area contributed by atoms with Gasteiger partial charge in [0, 0.05) is 31.4 Å². The highest BCUT2D eigenvalue weighted by Crippen LogP contribution is 2.48. The Morgan fingerprint density at radius 2 is 1.88 bits per heavy atom. The monoisotopic (exact) mass is 572 g/mol. The molecule has 0 saturated heterocycles. The maximum absolute atomic E-state index is 14.5. The number of hydrogen-bond acceptors (Lipinski definition) is 5. The molecule has 0 fully saturated rings. The summed E-state index contributed by atoms with van der Waals surface area (Å²) in [5, 5.41) is 7.63. The summed E-state index contributed by atoms with van der Waals surface area (Å²) in [6, 6.07) is 22.2. The number of ether oxygens (including phenoxy) is 1. The fraction of sp³-hybridized carbons (Fsp3) is 0.281. The second-order valence-corrected chi connectivity index (χ2v) is 11.1. The molecule has 9 heteroatoms. The SMILES string of the molecule is COCCCNC(=O)CN1C(=O)CSC(c2cccc(F)c2)c2c(-c3ccccc3)nn(-c3cccc(C)c3C)c21. The van der Waals surface area contributed by atoms with Crippen molar-refractivity contribution in [1.29, 1.82) is 0 Å². The van der Waals surface area contributed by atoms with Crippen LogP contribution in [0.4, 0.5) is 10.2 Å². The molecule has 1 atom stereocenters. The number of nitrogens with zero attached hydrogens (tertiary/aromatic N) is 3. The molecule has 3 aromatic carbocycles. The molecule has 1 aromatic heterocycles. The average molecular weight is 573 g/mol. The Morgan fingerprint density at radius 1 is 1.10 bits per heavy atom. The molecule has 0 saturated carbocycles. The van der Waals surface area contributed by atoms with Crippen molar-refractivity contribution in [2.24, 2.45) is 0 Å². The standard InChI is InChI=1S/C32H33FN4O3S/c1-21-10-7-15-26(22(21)2)37-32-29(30(35-37)23-11-5-4-6-12-23)31(24-13-8-14-25(33)18-24)41-20-28(39)36(32)19-27(38)34-16-9-17-40-3/h4-8,10-15,18,31H,9,16-17,19-20H2,1-3H3,(H,34,38). The molecule has 212 valence electrons. The maximum atomic E-state index is 14.5. The Labute approximate surface area is 243 Å². The number of hydrogen-bond donors (Lipinski definition) is 1. The number of rotatable bonds is 9. The summed E-state index contributed by atoms with van der Waals surface area (Å²) in [5.41, 5.74) is 5.95. The molecule has 2 amide bonds. The van der Waals surface area contributed by atoms with Crippen LogP contribution in [-0.4, -0.2) is 54.2 Å². The molecule has 1 aliphatic heterocycles. The summed E-state index contributed by atoms with van der Waals surface area (Å²) < 4.78 is 21.4. The van der Waals surface area contributed by atoms with E-state index in [4.69, 9.17) is 9.84 Å². The highest BCUT2D eigenvalue weighted by molar-refractivity contribution is 8.00. The number of benzene rings is 3. The first kappa shape index (κ1) is 28.6. The minimum Gasteiger partial charge on any atom is -0.385 e. The first-order valence-electron chi connectivity index (χ1n) is 13.6. The number of nitrogens with one attached hydrogen (secondary N) is 1. The molecule has 1 aliphatic rings. The third kappa shape index (κ3) is 6.06. The highest BCUT2D eigenvalue weighted by atomic mass is 32.2. The number of thioether (sulfide) groups is 1. The Kier molecular flexibility index (Phi) is 8.85. The van der Waals surface area contributed by atoms with Crippen LogP contribution in [0.25, 0.3) is 16.9 Å². The number of carbonyl (C=O) groups is 2. The summed E-state index contributed by atoms with van der Waals surface area (Å²) in [4.78, 5) is 28.5. The third-order valence-corrected chi connectivity index (χ3v) is 8.50. The molecule has 0 bridgehead atoms. The number of anilines is 1. The predicted molar refractivity (Wildman–Crippen MR) is 161 cm³/mol. The summed E-state index contributed by atoms with van der Waals surface area (Å²) in [6.45, 7) is 4.85. The van der Waals surface area contributed by atoms with E-state index < -0.39 is 5.25 Å². The lowest BCUT2D eigenvalue weighted by atomic mass is 9.99. The molecule has 7 nitrogen and oxygen atoms in total. The number of fused-ring (bicyclic) bond motifs is 1. The van der Waals surface area contributed by atoms with Gasteiger partial charge in [-0.25, -0.2) is 9.07 Å². The molecular formula is C32H33FN4O3S. The van der Waals surface area contributed by atoms with Crippen LogP contribution >= 0.6 is 11.8 Å². The van der Waals surface area contributed by atoms with Crippen molar-refractivity contribution in [2.45, 2.75) is 25.5 Å². The zero-order chi connectivity index (χ0) is 28.9. The van der Waals surface area contributed by atoms with Crippen molar-refractivity contribution in [3.63, 3.8) is 0 Å². The van der Waals surface area contributed by atoms with Gasteiger partial charge in [0.15, 0.2) is 0 Å². The van der Waals surface area contributed by atoms with Gasteiger partial charge in [-0.3, -0.25) is 14.5 Å². The van der Waals surface area contributed by atoms with E-state index in [0.717, 1.165) is 33.5 Å². The Hall–Kier alpha value is -3.95. The van der Waals surface area contributed by atoms with Gasteiger partial charge >= 0.3 is 0 Å². The molecule has 5 rings (SSSR count). The van der Waals surface area contributed by atoms with Gasteiger partial charge in [0.2, 0.25) is 11.8 Å². The van der Waals surface area contributed by atoms with Crippen LogP contribution in [0, 0.1) is 19.7 Å². The topological polar surface area (TPSA) is 76.5 Å². The van der Waals surface area contributed by atoms with Gasteiger partial charge in [0.25, 0.3) is 0 Å². The van der Waals surface area contributed by atoms with E-state index in [0.29, 0.717) is 31.1 Å². The molecule has 4 aromatic rings. The van der Waals surface area contributed by atoms with E-state index in [9.17, 15) is 14.0 Å². The molecule has 1 unspecified atom stereocenters. The van der Waals surface area contributed by atoms with E-state index in [1.54, 1.807) is 17.9 Å². The minimum atomic E-state index is -0.395. The average Bonchev–Trinajstić information content (AvgIpc) is 3.29. The van der Waals surface area contributed by atoms with Gasteiger partial charge in [0.05, 0.1) is 22.4 Å². The van der Waals surface area contributed by atoms with Gasteiger partial charge in [-0.15, -0.1) is 11.8 Å². The lowest BCUT2D eigenvalue weighted by molar-refractivity contribution is -0.122. The normalized spacial score (nSPS) is 15.0. The molecule has 2 heterocycles. The molecule has 0 radical (unpaired) electrons. The number of carbonyl (C=O) groups excluding carboxylic acids is 2. The van der Waals surface area contributed by atoms with Crippen LogP contribution < -0.4 is 10.2 Å². The van der Waals surface area contributed by atoms with E-state index >= 15 is 0 Å². The van der Waals surface area contributed by atoms with Crippen LogP contribution in [0.15, 0.2) is 72.8 Å². The van der Waals surface area contributed by atoms with Crippen LogP contribution in [0.2, 0.25) is 0 Å².